The summed E-state index contributed by atoms with van der Waals surface area (Å²) in [5, 5.41) is 3.99. The molecule has 0 saturated carbocycles. The van der Waals surface area contributed by atoms with Gasteiger partial charge in [-0.3, -0.25) is 4.79 Å². The first-order valence-electron chi connectivity index (χ1n) is 7.55. The highest BCUT2D eigenvalue weighted by Gasteiger charge is 2.27. The van der Waals surface area contributed by atoms with Crippen LogP contribution in [0, 0.1) is 5.92 Å². The predicted molar refractivity (Wildman–Crippen MR) is 78.5 cm³/mol. The zero-order chi connectivity index (χ0) is 14.5. The standard InChI is InChI=1S/C16H24N2O2/c1-4-5-7-14-8-6-9-18(14)16(19)15-11-13(17-20-15)10-12(2)3/h6,8,11-12,14H,4-5,7,9-10H2,1-3H3/t14-/m0/s1. The maximum atomic E-state index is 12.5. The first kappa shape index (κ1) is 14.8. The average Bonchev–Trinajstić information content (AvgIpc) is 3.03. The molecule has 1 aromatic rings. The van der Waals surface area contributed by atoms with E-state index in [9.17, 15) is 4.79 Å². The van der Waals surface area contributed by atoms with Crippen LogP contribution in [-0.2, 0) is 6.42 Å². The van der Waals surface area contributed by atoms with Gasteiger partial charge in [0.25, 0.3) is 5.91 Å². The second-order valence-corrected chi connectivity index (χ2v) is 5.88. The molecule has 0 spiro atoms. The van der Waals surface area contributed by atoms with Crippen LogP contribution in [0.25, 0.3) is 0 Å². The molecule has 0 radical (unpaired) electrons. The lowest BCUT2D eigenvalue weighted by Crippen LogP contribution is -2.35. The molecular formula is C16H24N2O2. The maximum absolute atomic E-state index is 12.5. The molecule has 1 aliphatic heterocycles. The largest absolute Gasteiger partial charge is 0.351 e. The van der Waals surface area contributed by atoms with Crippen molar-refractivity contribution in [1.82, 2.24) is 10.1 Å². The van der Waals surface area contributed by atoms with E-state index in [1.807, 2.05) is 4.90 Å². The molecule has 1 atom stereocenters. The van der Waals surface area contributed by atoms with E-state index in [-0.39, 0.29) is 11.9 Å². The molecule has 0 unspecified atom stereocenters. The van der Waals surface area contributed by atoms with Crippen molar-refractivity contribution in [3.05, 3.63) is 29.7 Å². The highest BCUT2D eigenvalue weighted by molar-refractivity contribution is 5.92. The molecule has 1 aliphatic rings. The Kier molecular flexibility index (Phi) is 4.99. The van der Waals surface area contributed by atoms with Gasteiger partial charge < -0.3 is 9.42 Å². The number of carbonyl (C=O) groups is 1. The van der Waals surface area contributed by atoms with Crippen molar-refractivity contribution >= 4 is 5.91 Å². The lowest BCUT2D eigenvalue weighted by Gasteiger charge is -2.23. The SMILES string of the molecule is CCCC[C@H]1C=CCN1C(=O)c1cc(CC(C)C)no1. The van der Waals surface area contributed by atoms with Crippen LogP contribution in [0.5, 0.6) is 0 Å². The Morgan fingerprint density at radius 1 is 1.55 bits per heavy atom. The van der Waals surface area contributed by atoms with Crippen LogP contribution >= 0.6 is 0 Å². The summed E-state index contributed by atoms with van der Waals surface area (Å²) in [6.45, 7) is 7.09. The van der Waals surface area contributed by atoms with E-state index in [0.717, 1.165) is 31.4 Å². The Hall–Kier alpha value is -1.58. The number of aromatic nitrogens is 1. The molecule has 1 aromatic heterocycles. The Bertz CT molecular complexity index is 477. The van der Waals surface area contributed by atoms with Gasteiger partial charge >= 0.3 is 0 Å². The van der Waals surface area contributed by atoms with Gasteiger partial charge in [0.2, 0.25) is 5.76 Å². The van der Waals surface area contributed by atoms with Gasteiger partial charge in [-0.25, -0.2) is 0 Å². The van der Waals surface area contributed by atoms with E-state index in [0.29, 0.717) is 18.2 Å². The van der Waals surface area contributed by atoms with E-state index >= 15 is 0 Å². The monoisotopic (exact) mass is 276 g/mol. The lowest BCUT2D eigenvalue weighted by molar-refractivity contribution is 0.0701. The third kappa shape index (κ3) is 3.50. The lowest BCUT2D eigenvalue weighted by atomic mass is 10.1. The molecule has 110 valence electrons. The summed E-state index contributed by atoms with van der Waals surface area (Å²) in [4.78, 5) is 14.3. The molecule has 0 bridgehead atoms. The Morgan fingerprint density at radius 2 is 2.35 bits per heavy atom. The summed E-state index contributed by atoms with van der Waals surface area (Å²) in [6.07, 6.45) is 8.32. The summed E-state index contributed by atoms with van der Waals surface area (Å²) in [7, 11) is 0. The van der Waals surface area contributed by atoms with Crippen molar-refractivity contribution in [3.63, 3.8) is 0 Å². The van der Waals surface area contributed by atoms with Crippen molar-refractivity contribution in [2.75, 3.05) is 6.54 Å². The molecule has 0 aromatic carbocycles. The minimum atomic E-state index is -0.0430. The average molecular weight is 276 g/mol. The zero-order valence-corrected chi connectivity index (χ0v) is 12.6. The molecule has 1 amide bonds. The number of hydrogen-bond donors (Lipinski definition) is 0. The van der Waals surface area contributed by atoms with Gasteiger partial charge in [0, 0.05) is 12.6 Å². The molecule has 0 N–H and O–H groups in total. The van der Waals surface area contributed by atoms with Crippen molar-refractivity contribution in [2.24, 2.45) is 5.92 Å². The summed E-state index contributed by atoms with van der Waals surface area (Å²) >= 11 is 0. The number of nitrogens with zero attached hydrogens (tertiary/aromatic N) is 2. The number of amides is 1. The van der Waals surface area contributed by atoms with Crippen molar-refractivity contribution in [3.8, 4) is 0 Å². The van der Waals surface area contributed by atoms with Gasteiger partial charge in [-0.15, -0.1) is 0 Å². The van der Waals surface area contributed by atoms with Gasteiger partial charge in [0.05, 0.1) is 11.7 Å². The van der Waals surface area contributed by atoms with Gasteiger partial charge in [-0.2, -0.15) is 0 Å². The molecule has 20 heavy (non-hydrogen) atoms. The molecule has 4 nitrogen and oxygen atoms in total. The molecule has 0 aliphatic carbocycles. The van der Waals surface area contributed by atoms with Gasteiger partial charge in [0.15, 0.2) is 0 Å². The van der Waals surface area contributed by atoms with Gasteiger partial charge in [0.1, 0.15) is 0 Å². The minimum Gasteiger partial charge on any atom is -0.351 e. The summed E-state index contributed by atoms with van der Waals surface area (Å²) in [5.41, 5.74) is 0.862. The maximum Gasteiger partial charge on any atom is 0.293 e. The fourth-order valence-electron chi connectivity index (χ4n) is 2.54. The quantitative estimate of drug-likeness (QED) is 0.748. The van der Waals surface area contributed by atoms with Crippen LogP contribution in [0.1, 0.15) is 56.3 Å². The van der Waals surface area contributed by atoms with Crippen LogP contribution in [0.3, 0.4) is 0 Å². The molecule has 4 heteroatoms. The summed E-state index contributed by atoms with van der Waals surface area (Å²) in [5.74, 6) is 0.832. The third-order valence-corrected chi connectivity index (χ3v) is 3.56. The number of hydrogen-bond acceptors (Lipinski definition) is 3. The zero-order valence-electron chi connectivity index (χ0n) is 12.6. The number of unbranched alkanes of at least 4 members (excludes halogenated alkanes) is 1. The topological polar surface area (TPSA) is 46.3 Å². The normalized spacial score (nSPS) is 18.2. The summed E-state index contributed by atoms with van der Waals surface area (Å²) < 4.78 is 5.22. The Morgan fingerprint density at radius 3 is 3.05 bits per heavy atom. The molecular weight excluding hydrogens is 252 g/mol. The molecule has 2 heterocycles. The van der Waals surface area contributed by atoms with E-state index in [1.54, 1.807) is 6.07 Å². The number of carbonyl (C=O) groups excluding carboxylic acids is 1. The van der Waals surface area contributed by atoms with E-state index in [1.165, 1.54) is 0 Å². The van der Waals surface area contributed by atoms with Crippen LogP contribution in [0.2, 0.25) is 0 Å². The highest BCUT2D eigenvalue weighted by Crippen LogP contribution is 2.20. The van der Waals surface area contributed by atoms with Crippen LogP contribution < -0.4 is 0 Å². The van der Waals surface area contributed by atoms with Gasteiger partial charge in [-0.1, -0.05) is 50.9 Å². The van der Waals surface area contributed by atoms with Crippen molar-refractivity contribution < 1.29 is 9.32 Å². The first-order chi connectivity index (χ1) is 9.61. The molecule has 0 fully saturated rings. The van der Waals surface area contributed by atoms with E-state index in [2.05, 4.69) is 38.1 Å². The van der Waals surface area contributed by atoms with Crippen molar-refractivity contribution in [1.29, 1.82) is 0 Å². The van der Waals surface area contributed by atoms with Crippen LogP contribution in [0.15, 0.2) is 22.7 Å². The van der Waals surface area contributed by atoms with E-state index < -0.39 is 0 Å². The predicted octanol–water partition coefficient (Wildman–Crippen LogP) is 3.44. The number of rotatable bonds is 6. The van der Waals surface area contributed by atoms with Gasteiger partial charge in [-0.05, 0) is 18.8 Å². The summed E-state index contributed by atoms with van der Waals surface area (Å²) in [6, 6.07) is 2.00. The fourth-order valence-corrected chi connectivity index (χ4v) is 2.54. The molecule has 2 rings (SSSR count). The van der Waals surface area contributed by atoms with E-state index in [4.69, 9.17) is 4.52 Å². The Labute approximate surface area is 120 Å². The first-order valence-corrected chi connectivity index (χ1v) is 7.55. The highest BCUT2D eigenvalue weighted by atomic mass is 16.5. The molecule has 0 saturated heterocycles. The van der Waals surface area contributed by atoms with Crippen molar-refractivity contribution in [2.45, 2.75) is 52.5 Å². The second kappa shape index (κ2) is 6.73. The minimum absolute atomic E-state index is 0.0430. The Balaban J connectivity index is 2.01. The smallest absolute Gasteiger partial charge is 0.293 e. The third-order valence-electron chi connectivity index (χ3n) is 3.56. The van der Waals surface area contributed by atoms with Crippen LogP contribution in [0.4, 0.5) is 0 Å². The fraction of sp³-hybridized carbons (Fsp3) is 0.625. The van der Waals surface area contributed by atoms with Crippen LogP contribution in [-0.4, -0.2) is 28.6 Å². The second-order valence-electron chi connectivity index (χ2n) is 5.88.